The van der Waals surface area contributed by atoms with Crippen molar-refractivity contribution in [2.24, 2.45) is 0 Å². The van der Waals surface area contributed by atoms with E-state index < -0.39 is 19.4 Å². The minimum atomic E-state index is -4.14. The Morgan fingerprint density at radius 1 is 0.788 bits per heavy atom. The maximum atomic E-state index is 12.7. The summed E-state index contributed by atoms with van der Waals surface area (Å²) in [4.78, 5) is 11.6. The topological polar surface area (TPSA) is 72.8 Å². The van der Waals surface area contributed by atoms with Gasteiger partial charge in [-0.15, -0.1) is 0 Å². The summed E-state index contributed by atoms with van der Waals surface area (Å²) in [5.74, 6) is 1.04. The van der Waals surface area contributed by atoms with E-state index in [1.807, 2.05) is 25.6 Å². The summed E-state index contributed by atoms with van der Waals surface area (Å²) >= 11 is 1.86. The molecule has 0 amide bonds. The van der Waals surface area contributed by atoms with Crippen molar-refractivity contribution in [1.29, 1.82) is 0 Å². The number of carboxylic acid groups (broad SMARTS) is 1. The first-order valence-electron chi connectivity index (χ1n) is 13.7. The van der Waals surface area contributed by atoms with Gasteiger partial charge in [-0.3, -0.25) is 4.52 Å². The highest BCUT2D eigenvalue weighted by molar-refractivity contribution is 7.99. The fraction of sp³-hybridized carbons (Fsp3) is 0.962. The lowest BCUT2D eigenvalue weighted by Gasteiger charge is -2.26. The van der Waals surface area contributed by atoms with Gasteiger partial charge in [0.15, 0.2) is 0 Å². The summed E-state index contributed by atoms with van der Waals surface area (Å²) in [7, 11) is -4.14. The van der Waals surface area contributed by atoms with Crippen LogP contribution in [0.3, 0.4) is 0 Å². The maximum absolute atomic E-state index is 12.7. The van der Waals surface area contributed by atoms with Crippen LogP contribution in [0.5, 0.6) is 0 Å². The van der Waals surface area contributed by atoms with Gasteiger partial charge in [0, 0.05) is 5.25 Å². The number of thioether (sulfide) groups is 1. The first kappa shape index (κ1) is 33.0. The monoisotopic (exact) mass is 508 g/mol. The van der Waals surface area contributed by atoms with Gasteiger partial charge in [0.1, 0.15) is 0 Å². The van der Waals surface area contributed by atoms with Crippen LogP contribution in [-0.4, -0.2) is 34.5 Å². The largest absolute Gasteiger partial charge is 0.472 e. The van der Waals surface area contributed by atoms with Gasteiger partial charge in [0.2, 0.25) is 0 Å². The molecule has 0 spiro atoms. The molecule has 198 valence electrons. The van der Waals surface area contributed by atoms with Crippen molar-refractivity contribution in [2.75, 3.05) is 12.4 Å². The average molecular weight is 509 g/mol. The standard InChI is InChI=1S/C26H53O5PS/c1-5-8-10-12-14-16-18-20-23-33-25(21-19-17-15-13-11-9-6-2)24(4)31-32(29,26(27)28)30-22-7-3/h24-25H,5-23H2,1-4H3,(H,27,28). The molecule has 0 aromatic rings. The molecule has 0 aromatic carbocycles. The van der Waals surface area contributed by atoms with Gasteiger partial charge < -0.3 is 9.63 Å². The lowest BCUT2D eigenvalue weighted by atomic mass is 10.1. The van der Waals surface area contributed by atoms with E-state index in [0.29, 0.717) is 6.42 Å². The molecule has 7 heteroatoms. The molecule has 0 aliphatic rings. The Morgan fingerprint density at radius 2 is 1.27 bits per heavy atom. The molecular formula is C26H53O5PS. The SMILES string of the molecule is CCCCCCCCCCSC(CCCCCCCCC)C(C)OP(=O)(OCCC)C(=O)O. The normalized spacial score (nSPS) is 15.3. The van der Waals surface area contributed by atoms with Gasteiger partial charge in [-0.05, 0) is 31.9 Å². The third-order valence-corrected chi connectivity index (χ3v) is 9.12. The van der Waals surface area contributed by atoms with Gasteiger partial charge in [0.25, 0.3) is 0 Å². The first-order valence-corrected chi connectivity index (χ1v) is 16.3. The maximum Gasteiger partial charge on any atom is 0.438 e. The number of unbranched alkanes of at least 4 members (excludes halogenated alkanes) is 13. The summed E-state index contributed by atoms with van der Waals surface area (Å²) < 4.78 is 23.5. The molecule has 1 N–H and O–H groups in total. The van der Waals surface area contributed by atoms with Crippen LogP contribution in [0.15, 0.2) is 0 Å². The van der Waals surface area contributed by atoms with Crippen molar-refractivity contribution in [3.05, 3.63) is 0 Å². The van der Waals surface area contributed by atoms with Gasteiger partial charge in [-0.1, -0.05) is 111 Å². The second-order valence-electron chi connectivity index (χ2n) is 9.22. The Morgan fingerprint density at radius 3 is 1.76 bits per heavy atom. The van der Waals surface area contributed by atoms with Crippen LogP contribution in [-0.2, 0) is 13.6 Å². The third kappa shape index (κ3) is 18.0. The predicted molar refractivity (Wildman–Crippen MR) is 144 cm³/mol. The molecule has 0 aliphatic heterocycles. The molecular weight excluding hydrogens is 455 g/mol. The van der Waals surface area contributed by atoms with Gasteiger partial charge in [-0.2, -0.15) is 11.8 Å². The zero-order valence-corrected chi connectivity index (χ0v) is 23.7. The van der Waals surface area contributed by atoms with Crippen molar-refractivity contribution in [2.45, 2.75) is 148 Å². The van der Waals surface area contributed by atoms with Crippen molar-refractivity contribution in [3.63, 3.8) is 0 Å². The molecule has 0 saturated carbocycles. The lowest BCUT2D eigenvalue weighted by molar-refractivity contribution is 0.142. The van der Waals surface area contributed by atoms with Gasteiger partial charge in [-0.25, -0.2) is 9.36 Å². The van der Waals surface area contributed by atoms with E-state index in [4.69, 9.17) is 9.05 Å². The summed E-state index contributed by atoms with van der Waals surface area (Å²) in [6.07, 6.45) is 20.2. The molecule has 0 radical (unpaired) electrons. The first-order chi connectivity index (χ1) is 15.9. The van der Waals surface area contributed by atoms with Crippen LogP contribution < -0.4 is 0 Å². The number of hydrogen-bond donors (Lipinski definition) is 1. The Kier molecular flexibility index (Phi) is 22.4. The quantitative estimate of drug-likeness (QED) is 0.0976. The van der Waals surface area contributed by atoms with Crippen LogP contribution in [0.1, 0.15) is 137 Å². The van der Waals surface area contributed by atoms with Crippen LogP contribution in [0.4, 0.5) is 4.79 Å². The van der Waals surface area contributed by atoms with E-state index in [-0.39, 0.29) is 11.9 Å². The highest BCUT2D eigenvalue weighted by Gasteiger charge is 2.38. The number of carbonyl (C=O) groups is 1. The molecule has 5 nitrogen and oxygen atoms in total. The highest BCUT2D eigenvalue weighted by atomic mass is 32.2. The van der Waals surface area contributed by atoms with Gasteiger partial charge >= 0.3 is 13.3 Å². The lowest BCUT2D eigenvalue weighted by Crippen LogP contribution is -2.25. The second kappa shape index (κ2) is 22.4. The smallest absolute Gasteiger partial charge is 0.438 e. The minimum Gasteiger partial charge on any atom is -0.472 e. The van der Waals surface area contributed by atoms with Crippen LogP contribution in [0.2, 0.25) is 0 Å². The minimum absolute atomic E-state index is 0.129. The van der Waals surface area contributed by atoms with E-state index in [1.54, 1.807) is 0 Å². The molecule has 0 saturated heterocycles. The van der Waals surface area contributed by atoms with Crippen molar-refractivity contribution >= 4 is 25.1 Å². The Hall–Kier alpha value is -0.0300. The molecule has 3 unspecified atom stereocenters. The van der Waals surface area contributed by atoms with Crippen LogP contribution in [0.25, 0.3) is 0 Å². The molecule has 0 fully saturated rings. The van der Waals surface area contributed by atoms with E-state index in [1.165, 1.54) is 89.9 Å². The second-order valence-corrected chi connectivity index (χ2v) is 12.4. The Balaban J connectivity index is 4.56. The fourth-order valence-corrected chi connectivity index (χ4v) is 6.54. The summed E-state index contributed by atoms with van der Waals surface area (Å²) in [6, 6.07) is 0. The van der Waals surface area contributed by atoms with Crippen molar-refractivity contribution in [1.82, 2.24) is 0 Å². The van der Waals surface area contributed by atoms with E-state index in [0.717, 1.165) is 18.6 Å². The summed E-state index contributed by atoms with van der Waals surface area (Å²) in [6.45, 7) is 8.33. The molecule has 0 aliphatic carbocycles. The van der Waals surface area contributed by atoms with Crippen molar-refractivity contribution in [3.8, 4) is 0 Å². The number of hydrogen-bond acceptors (Lipinski definition) is 5. The Labute approximate surface area is 209 Å². The molecule has 0 heterocycles. The van der Waals surface area contributed by atoms with Crippen LogP contribution >= 0.6 is 19.4 Å². The predicted octanol–water partition coefficient (Wildman–Crippen LogP) is 10.1. The van der Waals surface area contributed by atoms with Crippen molar-refractivity contribution < 1.29 is 23.5 Å². The third-order valence-electron chi connectivity index (χ3n) is 5.95. The zero-order valence-electron chi connectivity index (χ0n) is 22.0. The molecule has 33 heavy (non-hydrogen) atoms. The fourth-order valence-electron chi connectivity index (χ4n) is 3.86. The van der Waals surface area contributed by atoms with E-state index in [2.05, 4.69) is 13.8 Å². The van der Waals surface area contributed by atoms with Gasteiger partial charge in [0.05, 0.1) is 12.7 Å². The molecule has 0 rings (SSSR count). The molecule has 0 bridgehead atoms. The highest BCUT2D eigenvalue weighted by Crippen LogP contribution is 2.51. The van der Waals surface area contributed by atoms with E-state index in [9.17, 15) is 14.5 Å². The van der Waals surface area contributed by atoms with E-state index >= 15 is 0 Å². The van der Waals surface area contributed by atoms with Crippen LogP contribution in [0, 0.1) is 0 Å². The molecule has 3 atom stereocenters. The molecule has 0 aromatic heterocycles. The summed E-state index contributed by atoms with van der Waals surface area (Å²) in [5.41, 5.74) is -1.48. The zero-order chi connectivity index (χ0) is 24.8. The number of rotatable bonds is 25. The Bertz CT molecular complexity index is 503. The average Bonchev–Trinajstić information content (AvgIpc) is 2.79. The summed E-state index contributed by atoms with van der Waals surface area (Å²) in [5, 5.41) is 9.58.